The Labute approximate surface area is 95.9 Å². The van der Waals surface area contributed by atoms with Crippen LogP contribution in [0.1, 0.15) is 4.88 Å². The molecule has 6 heteroatoms. The van der Waals surface area contributed by atoms with Gasteiger partial charge < -0.3 is 5.32 Å². The SMILES string of the molecule is O=[N+]([O-])c1ccc(CNc2ccccn2)s1. The summed E-state index contributed by atoms with van der Waals surface area (Å²) in [4.78, 5) is 15.1. The van der Waals surface area contributed by atoms with Gasteiger partial charge in [0.25, 0.3) is 0 Å². The van der Waals surface area contributed by atoms with E-state index >= 15 is 0 Å². The number of hydrogen-bond acceptors (Lipinski definition) is 5. The summed E-state index contributed by atoms with van der Waals surface area (Å²) < 4.78 is 0. The molecule has 2 heterocycles. The molecule has 2 aromatic heterocycles. The highest BCUT2D eigenvalue weighted by Crippen LogP contribution is 2.24. The molecule has 5 nitrogen and oxygen atoms in total. The first kappa shape index (κ1) is 10.6. The van der Waals surface area contributed by atoms with Crippen LogP contribution in [0.3, 0.4) is 0 Å². The molecule has 82 valence electrons. The van der Waals surface area contributed by atoms with Crippen molar-refractivity contribution >= 4 is 22.2 Å². The van der Waals surface area contributed by atoms with Gasteiger partial charge in [-0.3, -0.25) is 10.1 Å². The maximum absolute atomic E-state index is 10.5. The zero-order valence-corrected chi connectivity index (χ0v) is 9.11. The van der Waals surface area contributed by atoms with Crippen LogP contribution in [-0.4, -0.2) is 9.91 Å². The Bertz CT molecular complexity index is 484. The second-order valence-electron chi connectivity index (χ2n) is 3.07. The summed E-state index contributed by atoms with van der Waals surface area (Å²) in [7, 11) is 0. The monoisotopic (exact) mass is 235 g/mol. The number of rotatable bonds is 4. The molecule has 16 heavy (non-hydrogen) atoms. The predicted molar refractivity (Wildman–Crippen MR) is 62.5 cm³/mol. The van der Waals surface area contributed by atoms with Crippen molar-refractivity contribution in [1.82, 2.24) is 4.98 Å². The molecule has 0 aliphatic carbocycles. The van der Waals surface area contributed by atoms with E-state index < -0.39 is 0 Å². The summed E-state index contributed by atoms with van der Waals surface area (Å²) in [5.41, 5.74) is 0. The Hall–Kier alpha value is -1.95. The Balaban J connectivity index is 1.97. The van der Waals surface area contributed by atoms with Crippen molar-refractivity contribution in [3.05, 3.63) is 51.5 Å². The Morgan fingerprint density at radius 3 is 2.88 bits per heavy atom. The fourth-order valence-electron chi connectivity index (χ4n) is 1.20. The number of nitrogens with zero attached hydrogens (tertiary/aromatic N) is 2. The number of aromatic nitrogens is 1. The molecule has 2 aromatic rings. The maximum atomic E-state index is 10.5. The molecule has 2 rings (SSSR count). The Morgan fingerprint density at radius 2 is 2.25 bits per heavy atom. The lowest BCUT2D eigenvalue weighted by Crippen LogP contribution is -1.98. The molecule has 0 saturated carbocycles. The molecule has 0 amide bonds. The molecular formula is C10H9N3O2S. The zero-order chi connectivity index (χ0) is 11.4. The Morgan fingerprint density at radius 1 is 1.38 bits per heavy atom. The molecule has 0 bridgehead atoms. The van der Waals surface area contributed by atoms with Crippen LogP contribution in [0.2, 0.25) is 0 Å². The van der Waals surface area contributed by atoms with E-state index in [2.05, 4.69) is 10.3 Å². The van der Waals surface area contributed by atoms with Gasteiger partial charge in [0, 0.05) is 17.1 Å². The molecule has 1 N–H and O–H groups in total. The van der Waals surface area contributed by atoms with Crippen molar-refractivity contribution in [3.8, 4) is 0 Å². The number of nitrogens with one attached hydrogen (secondary N) is 1. The maximum Gasteiger partial charge on any atom is 0.324 e. The summed E-state index contributed by atoms with van der Waals surface area (Å²) in [5.74, 6) is 0.763. The third-order valence-corrected chi connectivity index (χ3v) is 2.97. The topological polar surface area (TPSA) is 68.1 Å². The van der Waals surface area contributed by atoms with Crippen molar-refractivity contribution in [2.45, 2.75) is 6.54 Å². The fraction of sp³-hybridized carbons (Fsp3) is 0.100. The van der Waals surface area contributed by atoms with E-state index in [1.54, 1.807) is 12.3 Å². The van der Waals surface area contributed by atoms with Gasteiger partial charge in [0.05, 0.1) is 11.5 Å². The standard InChI is InChI=1S/C10H9N3O2S/c14-13(15)10-5-4-8(16-10)7-12-9-3-1-2-6-11-9/h1-6H,7H2,(H,11,12). The summed E-state index contributed by atoms with van der Waals surface area (Å²) >= 11 is 1.17. The predicted octanol–water partition coefficient (Wildman–Crippen LogP) is 2.66. The third kappa shape index (κ3) is 2.54. The van der Waals surface area contributed by atoms with E-state index in [0.29, 0.717) is 6.54 Å². The lowest BCUT2D eigenvalue weighted by molar-refractivity contribution is -0.380. The van der Waals surface area contributed by atoms with Gasteiger partial charge in [-0.25, -0.2) is 4.98 Å². The average Bonchev–Trinajstić information content (AvgIpc) is 2.76. The lowest BCUT2D eigenvalue weighted by atomic mass is 10.4. The first-order chi connectivity index (χ1) is 7.75. The van der Waals surface area contributed by atoms with Crippen molar-refractivity contribution in [2.24, 2.45) is 0 Å². The van der Waals surface area contributed by atoms with E-state index in [1.165, 1.54) is 17.4 Å². The molecule has 0 aliphatic heterocycles. The fourth-order valence-corrected chi connectivity index (χ4v) is 1.96. The molecule has 0 radical (unpaired) electrons. The molecule has 0 atom stereocenters. The van der Waals surface area contributed by atoms with Crippen molar-refractivity contribution in [2.75, 3.05) is 5.32 Å². The molecule has 0 saturated heterocycles. The summed E-state index contributed by atoms with van der Waals surface area (Å²) in [6.45, 7) is 0.551. The molecule has 0 aliphatic rings. The van der Waals surface area contributed by atoms with Gasteiger partial charge in [0.1, 0.15) is 5.82 Å². The van der Waals surface area contributed by atoms with Crippen LogP contribution in [0.5, 0.6) is 0 Å². The van der Waals surface area contributed by atoms with Gasteiger partial charge in [0.2, 0.25) is 0 Å². The quantitative estimate of drug-likeness (QED) is 0.653. The van der Waals surface area contributed by atoms with Crippen LogP contribution in [-0.2, 0) is 6.54 Å². The molecule has 0 unspecified atom stereocenters. The van der Waals surface area contributed by atoms with E-state index in [4.69, 9.17) is 0 Å². The number of nitro groups is 1. The largest absolute Gasteiger partial charge is 0.365 e. The minimum Gasteiger partial charge on any atom is -0.365 e. The summed E-state index contributed by atoms with van der Waals surface area (Å²) in [6, 6.07) is 8.83. The van der Waals surface area contributed by atoms with Crippen LogP contribution in [0, 0.1) is 10.1 Å². The van der Waals surface area contributed by atoms with Gasteiger partial charge in [-0.1, -0.05) is 17.4 Å². The molecule has 0 aromatic carbocycles. The summed E-state index contributed by atoms with van der Waals surface area (Å²) in [5, 5.41) is 13.7. The smallest absolute Gasteiger partial charge is 0.324 e. The number of thiophene rings is 1. The molecular weight excluding hydrogens is 226 g/mol. The van der Waals surface area contributed by atoms with Crippen molar-refractivity contribution in [3.63, 3.8) is 0 Å². The van der Waals surface area contributed by atoms with E-state index in [1.807, 2.05) is 18.2 Å². The highest BCUT2D eigenvalue weighted by atomic mass is 32.1. The first-order valence-corrected chi connectivity index (χ1v) is 5.45. The van der Waals surface area contributed by atoms with Crippen LogP contribution in [0.4, 0.5) is 10.8 Å². The summed E-state index contributed by atoms with van der Waals surface area (Å²) in [6.07, 6.45) is 1.69. The average molecular weight is 235 g/mol. The highest BCUT2D eigenvalue weighted by Gasteiger charge is 2.09. The van der Waals surface area contributed by atoms with Gasteiger partial charge >= 0.3 is 5.00 Å². The van der Waals surface area contributed by atoms with Gasteiger partial charge in [0.15, 0.2) is 0 Å². The van der Waals surface area contributed by atoms with E-state index in [9.17, 15) is 10.1 Å². The minimum absolute atomic E-state index is 0.165. The second-order valence-corrected chi connectivity index (χ2v) is 4.21. The van der Waals surface area contributed by atoms with E-state index in [0.717, 1.165) is 10.7 Å². The number of hydrogen-bond donors (Lipinski definition) is 1. The van der Waals surface area contributed by atoms with Crippen LogP contribution < -0.4 is 5.32 Å². The number of anilines is 1. The van der Waals surface area contributed by atoms with Gasteiger partial charge in [-0.15, -0.1) is 0 Å². The van der Waals surface area contributed by atoms with Crippen LogP contribution in [0.15, 0.2) is 36.5 Å². The second kappa shape index (κ2) is 4.71. The van der Waals surface area contributed by atoms with Crippen molar-refractivity contribution in [1.29, 1.82) is 0 Å². The van der Waals surface area contributed by atoms with Gasteiger partial charge in [-0.05, 0) is 18.2 Å². The number of pyridine rings is 1. The first-order valence-electron chi connectivity index (χ1n) is 4.64. The van der Waals surface area contributed by atoms with Crippen LogP contribution in [0.25, 0.3) is 0 Å². The van der Waals surface area contributed by atoms with E-state index in [-0.39, 0.29) is 9.92 Å². The normalized spacial score (nSPS) is 10.0. The minimum atomic E-state index is -0.380. The van der Waals surface area contributed by atoms with Gasteiger partial charge in [-0.2, -0.15) is 0 Å². The molecule has 0 fully saturated rings. The zero-order valence-electron chi connectivity index (χ0n) is 8.29. The third-order valence-electron chi connectivity index (χ3n) is 1.94. The Kier molecular flexibility index (Phi) is 3.11. The highest BCUT2D eigenvalue weighted by molar-refractivity contribution is 7.15. The van der Waals surface area contributed by atoms with Crippen molar-refractivity contribution < 1.29 is 4.92 Å². The lowest BCUT2D eigenvalue weighted by Gasteiger charge is -2.01. The molecule has 0 spiro atoms. The van der Waals surface area contributed by atoms with Crippen LogP contribution >= 0.6 is 11.3 Å².